The number of halogens is 1. The Labute approximate surface area is 223 Å². The molecule has 37 heavy (non-hydrogen) atoms. The summed E-state index contributed by atoms with van der Waals surface area (Å²) >= 11 is 6.25. The Balaban J connectivity index is 1.54. The van der Waals surface area contributed by atoms with Crippen LogP contribution < -0.4 is 4.90 Å². The zero-order valence-corrected chi connectivity index (χ0v) is 22.5. The number of carbonyl (C=O) groups excluding carboxylic acids is 3. The molecule has 192 valence electrons. The molecule has 3 aromatic rings. The molecule has 0 saturated carbocycles. The summed E-state index contributed by atoms with van der Waals surface area (Å²) in [6, 6.07) is 22.5. The van der Waals surface area contributed by atoms with Gasteiger partial charge in [0.2, 0.25) is 11.8 Å². The van der Waals surface area contributed by atoms with Crippen molar-refractivity contribution < 1.29 is 14.4 Å². The maximum absolute atomic E-state index is 13.6. The molecule has 1 aliphatic heterocycles. The Kier molecular flexibility index (Phi) is 7.69. The molecule has 0 aromatic heterocycles. The quantitative estimate of drug-likeness (QED) is 0.438. The highest BCUT2D eigenvalue weighted by molar-refractivity contribution is 6.31. The molecule has 1 saturated heterocycles. The van der Waals surface area contributed by atoms with E-state index in [1.807, 2.05) is 67.6 Å². The fraction of sp³-hybridized carbons (Fsp3) is 0.300. The molecule has 0 atom stereocenters. The highest BCUT2D eigenvalue weighted by atomic mass is 35.5. The lowest BCUT2D eigenvalue weighted by Gasteiger charge is -2.26. The fourth-order valence-corrected chi connectivity index (χ4v) is 4.55. The van der Waals surface area contributed by atoms with Gasteiger partial charge in [-0.25, -0.2) is 0 Å². The SMILES string of the molecule is Cc1c(Cl)cccc1N1CN(C(=O)CN(Cc2ccccc2)C(=O)c2ccc(C(C)(C)C)cc2)CC1=O. The van der Waals surface area contributed by atoms with E-state index in [0.717, 1.165) is 16.7 Å². The lowest BCUT2D eigenvalue weighted by molar-refractivity contribution is -0.132. The van der Waals surface area contributed by atoms with Crippen LogP contribution in [0.5, 0.6) is 0 Å². The van der Waals surface area contributed by atoms with Crippen LogP contribution >= 0.6 is 11.6 Å². The number of benzene rings is 3. The molecule has 0 radical (unpaired) electrons. The fourth-order valence-electron chi connectivity index (χ4n) is 4.38. The minimum atomic E-state index is -0.286. The number of hydrogen-bond donors (Lipinski definition) is 0. The van der Waals surface area contributed by atoms with Gasteiger partial charge in [0.15, 0.2) is 0 Å². The largest absolute Gasteiger partial charge is 0.325 e. The van der Waals surface area contributed by atoms with Gasteiger partial charge >= 0.3 is 0 Å². The number of carbonyl (C=O) groups is 3. The van der Waals surface area contributed by atoms with Crippen molar-refractivity contribution in [3.8, 4) is 0 Å². The number of amides is 3. The van der Waals surface area contributed by atoms with Crippen LogP contribution in [0.1, 0.15) is 47.8 Å². The van der Waals surface area contributed by atoms with Crippen molar-refractivity contribution >= 4 is 35.0 Å². The molecule has 4 rings (SSSR count). The minimum absolute atomic E-state index is 0.0310. The summed E-state index contributed by atoms with van der Waals surface area (Å²) < 4.78 is 0. The van der Waals surface area contributed by atoms with Gasteiger partial charge in [0, 0.05) is 22.8 Å². The summed E-state index contributed by atoms with van der Waals surface area (Å²) in [5, 5.41) is 0.562. The number of anilines is 1. The van der Waals surface area contributed by atoms with Crippen LogP contribution in [0.3, 0.4) is 0 Å². The average molecular weight is 518 g/mol. The summed E-state index contributed by atoms with van der Waals surface area (Å²) in [4.78, 5) is 44.3. The Morgan fingerprint density at radius 1 is 0.946 bits per heavy atom. The normalized spacial score (nSPS) is 13.7. The van der Waals surface area contributed by atoms with Gasteiger partial charge in [0.05, 0.1) is 0 Å². The second kappa shape index (κ2) is 10.8. The molecule has 7 heteroatoms. The van der Waals surface area contributed by atoms with Gasteiger partial charge in [-0.2, -0.15) is 0 Å². The van der Waals surface area contributed by atoms with E-state index in [1.54, 1.807) is 21.9 Å². The van der Waals surface area contributed by atoms with Gasteiger partial charge in [0.1, 0.15) is 19.8 Å². The summed E-state index contributed by atoms with van der Waals surface area (Å²) in [5.74, 6) is -0.700. The van der Waals surface area contributed by atoms with Crippen LogP contribution in [0.15, 0.2) is 72.8 Å². The maximum Gasteiger partial charge on any atom is 0.254 e. The number of nitrogens with zero attached hydrogens (tertiary/aromatic N) is 3. The van der Waals surface area contributed by atoms with E-state index in [2.05, 4.69) is 20.8 Å². The smallest absolute Gasteiger partial charge is 0.254 e. The molecule has 1 heterocycles. The van der Waals surface area contributed by atoms with Crippen molar-refractivity contribution in [2.45, 2.75) is 39.7 Å². The first kappa shape index (κ1) is 26.4. The van der Waals surface area contributed by atoms with Gasteiger partial charge in [0.25, 0.3) is 5.91 Å². The van der Waals surface area contributed by atoms with E-state index >= 15 is 0 Å². The third-order valence-corrected chi connectivity index (χ3v) is 7.06. The third kappa shape index (κ3) is 6.03. The molecular formula is C30H32ClN3O3. The van der Waals surface area contributed by atoms with E-state index in [0.29, 0.717) is 16.3 Å². The molecular weight excluding hydrogens is 486 g/mol. The average Bonchev–Trinajstić information content (AvgIpc) is 3.26. The van der Waals surface area contributed by atoms with Gasteiger partial charge in [-0.05, 0) is 53.3 Å². The zero-order valence-electron chi connectivity index (χ0n) is 21.7. The number of rotatable bonds is 6. The standard InChI is InChI=1S/C30H32ClN3O3/c1-21-25(31)11-8-12-26(21)34-20-33(19-28(34)36)27(35)18-32(17-22-9-6-5-7-10-22)29(37)23-13-15-24(16-14-23)30(2,3)4/h5-16H,17-20H2,1-4H3. The molecule has 0 bridgehead atoms. The van der Waals surface area contributed by atoms with Crippen LogP contribution in [0, 0.1) is 6.92 Å². The van der Waals surface area contributed by atoms with Crippen LogP contribution in [0.25, 0.3) is 0 Å². The first-order valence-electron chi connectivity index (χ1n) is 12.3. The van der Waals surface area contributed by atoms with Gasteiger partial charge in [-0.15, -0.1) is 0 Å². The van der Waals surface area contributed by atoms with Crippen LogP contribution in [-0.2, 0) is 21.5 Å². The summed E-state index contributed by atoms with van der Waals surface area (Å²) in [6.45, 7) is 8.43. The van der Waals surface area contributed by atoms with E-state index in [1.165, 1.54) is 4.90 Å². The lowest BCUT2D eigenvalue weighted by Crippen LogP contribution is -2.42. The van der Waals surface area contributed by atoms with Gasteiger partial charge in [-0.3, -0.25) is 19.3 Å². The van der Waals surface area contributed by atoms with E-state index in [9.17, 15) is 14.4 Å². The highest BCUT2D eigenvalue weighted by Gasteiger charge is 2.34. The molecule has 1 aliphatic rings. The van der Waals surface area contributed by atoms with E-state index in [-0.39, 0.29) is 49.4 Å². The van der Waals surface area contributed by atoms with Gasteiger partial charge in [-0.1, -0.05) is 80.9 Å². The Bertz CT molecular complexity index is 1300. The van der Waals surface area contributed by atoms with Crippen molar-refractivity contribution in [2.75, 3.05) is 24.7 Å². The third-order valence-electron chi connectivity index (χ3n) is 6.65. The van der Waals surface area contributed by atoms with Crippen LogP contribution in [-0.4, -0.2) is 47.3 Å². The van der Waals surface area contributed by atoms with E-state index in [4.69, 9.17) is 11.6 Å². The Morgan fingerprint density at radius 3 is 2.27 bits per heavy atom. The zero-order chi connectivity index (χ0) is 26.7. The van der Waals surface area contributed by atoms with Crippen LogP contribution in [0.4, 0.5) is 5.69 Å². The topological polar surface area (TPSA) is 60.9 Å². The Morgan fingerprint density at radius 2 is 1.62 bits per heavy atom. The maximum atomic E-state index is 13.6. The highest BCUT2D eigenvalue weighted by Crippen LogP contribution is 2.29. The summed E-state index contributed by atoms with van der Waals surface area (Å²) in [7, 11) is 0. The monoisotopic (exact) mass is 517 g/mol. The molecule has 3 aromatic carbocycles. The van der Waals surface area contributed by atoms with Crippen LogP contribution in [0.2, 0.25) is 5.02 Å². The number of hydrogen-bond acceptors (Lipinski definition) is 3. The Hall–Kier alpha value is -3.64. The van der Waals surface area contributed by atoms with E-state index < -0.39 is 0 Å². The van der Waals surface area contributed by atoms with Crippen molar-refractivity contribution in [3.63, 3.8) is 0 Å². The second-order valence-corrected chi connectivity index (χ2v) is 10.8. The second-order valence-electron chi connectivity index (χ2n) is 10.4. The first-order valence-corrected chi connectivity index (χ1v) is 12.7. The first-order chi connectivity index (χ1) is 17.5. The molecule has 0 N–H and O–H groups in total. The molecule has 6 nitrogen and oxygen atoms in total. The van der Waals surface area contributed by atoms with Crippen molar-refractivity contribution in [3.05, 3.63) is 100 Å². The summed E-state index contributed by atoms with van der Waals surface area (Å²) in [6.07, 6.45) is 0. The summed E-state index contributed by atoms with van der Waals surface area (Å²) in [5.41, 5.74) is 4.00. The minimum Gasteiger partial charge on any atom is -0.325 e. The molecule has 0 aliphatic carbocycles. The van der Waals surface area contributed by atoms with Crippen molar-refractivity contribution in [2.24, 2.45) is 0 Å². The van der Waals surface area contributed by atoms with Crippen molar-refractivity contribution in [1.82, 2.24) is 9.80 Å². The lowest BCUT2D eigenvalue weighted by atomic mass is 9.86. The molecule has 1 fully saturated rings. The predicted octanol–water partition coefficient (Wildman–Crippen LogP) is 5.42. The van der Waals surface area contributed by atoms with Crippen molar-refractivity contribution in [1.29, 1.82) is 0 Å². The molecule has 3 amide bonds. The molecule has 0 unspecified atom stereocenters. The predicted molar refractivity (Wildman–Crippen MR) is 147 cm³/mol. The van der Waals surface area contributed by atoms with Gasteiger partial charge < -0.3 is 9.80 Å². The molecule has 0 spiro atoms.